The summed E-state index contributed by atoms with van der Waals surface area (Å²) in [6.07, 6.45) is 4.02. The van der Waals surface area contributed by atoms with E-state index in [-0.39, 0.29) is 15.6 Å². The molecule has 0 spiro atoms. The van der Waals surface area contributed by atoms with Crippen LogP contribution in [-0.4, -0.2) is 23.4 Å². The molecule has 0 fully saturated rings. The second-order valence-corrected chi connectivity index (χ2v) is 12.4. The van der Waals surface area contributed by atoms with Crippen molar-refractivity contribution in [1.29, 1.82) is 0 Å². The Bertz CT molecular complexity index is 1220. The van der Waals surface area contributed by atoms with Crippen LogP contribution < -0.4 is 4.72 Å². The summed E-state index contributed by atoms with van der Waals surface area (Å²) in [5, 5.41) is 0.691. The first-order valence-corrected chi connectivity index (χ1v) is 13.7. The molecular weight excluding hydrogens is 438 g/mol. The van der Waals surface area contributed by atoms with Crippen molar-refractivity contribution in [2.75, 3.05) is 6.54 Å². The molecule has 158 valence electrons. The predicted molar refractivity (Wildman–Crippen MR) is 119 cm³/mol. The van der Waals surface area contributed by atoms with Crippen LogP contribution in [0.15, 0.2) is 75.1 Å². The van der Waals surface area contributed by atoms with Crippen LogP contribution >= 0.6 is 11.3 Å². The summed E-state index contributed by atoms with van der Waals surface area (Å²) in [7, 11) is -7.58. The highest BCUT2D eigenvalue weighted by Crippen LogP contribution is 2.31. The van der Waals surface area contributed by atoms with Crippen molar-refractivity contribution in [1.82, 2.24) is 4.72 Å². The summed E-state index contributed by atoms with van der Waals surface area (Å²) in [5.41, 5.74) is 2.82. The summed E-state index contributed by atoms with van der Waals surface area (Å²) >= 11 is 1.13. The fraction of sp³-hybridized carbons (Fsp3) is 0.273. The lowest BCUT2D eigenvalue weighted by atomic mass is 9.92. The Morgan fingerprint density at radius 1 is 0.867 bits per heavy atom. The molecule has 1 unspecified atom stereocenters. The van der Waals surface area contributed by atoms with Crippen LogP contribution in [0.4, 0.5) is 0 Å². The first-order valence-electron chi connectivity index (χ1n) is 9.82. The fourth-order valence-corrected chi connectivity index (χ4v) is 7.86. The summed E-state index contributed by atoms with van der Waals surface area (Å²) < 4.78 is 55.1. The molecule has 3 aromatic rings. The third-order valence-corrected chi connectivity index (χ3v) is 10.4. The molecule has 1 aromatic heterocycles. The van der Waals surface area contributed by atoms with Crippen LogP contribution in [0, 0.1) is 0 Å². The Kier molecular flexibility index (Phi) is 6.11. The molecule has 2 aromatic carbocycles. The van der Waals surface area contributed by atoms with Gasteiger partial charge in [-0.3, -0.25) is 0 Å². The standard InChI is InChI=1S/C22H23NO4S3/c24-29(25,22-11-6-14-28-22)21(18-8-2-1-3-9-18)16-23-30(26,27)20-13-12-17-7-4-5-10-19(17)15-20/h1-3,6,8-9,11-15,21,23H,4-5,7,10,16H2. The maximum absolute atomic E-state index is 13.2. The van der Waals surface area contributed by atoms with E-state index in [4.69, 9.17) is 0 Å². The van der Waals surface area contributed by atoms with Gasteiger partial charge in [0.1, 0.15) is 9.46 Å². The quantitative estimate of drug-likeness (QED) is 0.574. The number of hydrogen-bond donors (Lipinski definition) is 1. The molecule has 4 rings (SSSR count). The highest BCUT2D eigenvalue weighted by Gasteiger charge is 2.31. The van der Waals surface area contributed by atoms with E-state index in [0.717, 1.165) is 42.6 Å². The first-order chi connectivity index (χ1) is 14.4. The number of sulfonamides is 1. The lowest BCUT2D eigenvalue weighted by Gasteiger charge is -2.19. The number of fused-ring (bicyclic) bond motifs is 1. The van der Waals surface area contributed by atoms with Gasteiger partial charge in [0.25, 0.3) is 0 Å². The van der Waals surface area contributed by atoms with Gasteiger partial charge in [0.2, 0.25) is 10.0 Å². The molecule has 1 N–H and O–H groups in total. The SMILES string of the molecule is O=S(=O)(NCC(c1ccccc1)S(=O)(=O)c1cccs1)c1ccc2c(c1)CCCC2. The largest absolute Gasteiger partial charge is 0.240 e. The van der Waals surface area contributed by atoms with Gasteiger partial charge in [-0.25, -0.2) is 21.6 Å². The zero-order chi connectivity index (χ0) is 21.2. The molecule has 0 aliphatic heterocycles. The minimum atomic E-state index is -3.84. The van der Waals surface area contributed by atoms with E-state index in [1.807, 2.05) is 6.07 Å². The summed E-state index contributed by atoms with van der Waals surface area (Å²) in [6.45, 7) is -0.232. The van der Waals surface area contributed by atoms with Crippen LogP contribution in [0.1, 0.15) is 34.8 Å². The Morgan fingerprint density at radius 2 is 1.60 bits per heavy atom. The number of hydrogen-bond acceptors (Lipinski definition) is 5. The van der Waals surface area contributed by atoms with E-state index in [1.165, 1.54) is 5.56 Å². The Morgan fingerprint density at radius 3 is 2.30 bits per heavy atom. The predicted octanol–water partition coefficient (Wildman–Crippen LogP) is 4.12. The van der Waals surface area contributed by atoms with Gasteiger partial charge in [-0.15, -0.1) is 11.3 Å². The molecule has 1 aliphatic carbocycles. The zero-order valence-corrected chi connectivity index (χ0v) is 18.8. The molecule has 1 heterocycles. The second kappa shape index (κ2) is 8.63. The molecule has 0 radical (unpaired) electrons. The van der Waals surface area contributed by atoms with Crippen LogP contribution in [0.5, 0.6) is 0 Å². The molecule has 0 amide bonds. The average Bonchev–Trinajstić information content (AvgIpc) is 3.30. The van der Waals surface area contributed by atoms with E-state index in [0.29, 0.717) is 5.56 Å². The molecule has 5 nitrogen and oxygen atoms in total. The topological polar surface area (TPSA) is 80.3 Å². The second-order valence-electron chi connectivity index (χ2n) is 7.37. The Labute approximate surface area is 181 Å². The monoisotopic (exact) mass is 461 g/mol. The van der Waals surface area contributed by atoms with Crippen molar-refractivity contribution in [2.24, 2.45) is 0 Å². The normalized spacial score (nSPS) is 15.5. The summed E-state index contributed by atoms with van der Waals surface area (Å²) in [6, 6.07) is 17.2. The maximum atomic E-state index is 13.2. The van der Waals surface area contributed by atoms with Gasteiger partial charge in [-0.05, 0) is 66.0 Å². The first kappa shape index (κ1) is 21.2. The summed E-state index contributed by atoms with van der Waals surface area (Å²) in [5.74, 6) is 0. The minimum Gasteiger partial charge on any atom is -0.222 e. The third kappa shape index (κ3) is 4.37. The molecule has 0 bridgehead atoms. The number of benzene rings is 2. The van der Waals surface area contributed by atoms with Crippen LogP contribution in [0.25, 0.3) is 0 Å². The molecule has 0 saturated heterocycles. The van der Waals surface area contributed by atoms with Crippen molar-refractivity contribution in [3.8, 4) is 0 Å². The number of nitrogens with one attached hydrogen (secondary N) is 1. The van der Waals surface area contributed by atoms with Gasteiger partial charge < -0.3 is 0 Å². The van der Waals surface area contributed by atoms with E-state index in [9.17, 15) is 16.8 Å². The van der Waals surface area contributed by atoms with E-state index in [1.54, 1.807) is 60.0 Å². The molecule has 30 heavy (non-hydrogen) atoms. The molecule has 1 atom stereocenters. The minimum absolute atomic E-state index is 0.184. The number of aryl methyl sites for hydroxylation is 2. The van der Waals surface area contributed by atoms with Crippen molar-refractivity contribution in [2.45, 2.75) is 40.0 Å². The van der Waals surface area contributed by atoms with E-state index < -0.39 is 25.1 Å². The van der Waals surface area contributed by atoms with Gasteiger partial charge in [-0.2, -0.15) is 0 Å². The van der Waals surface area contributed by atoms with Gasteiger partial charge in [-0.1, -0.05) is 42.5 Å². The van der Waals surface area contributed by atoms with Crippen LogP contribution in [0.2, 0.25) is 0 Å². The number of sulfone groups is 1. The van der Waals surface area contributed by atoms with E-state index >= 15 is 0 Å². The van der Waals surface area contributed by atoms with Gasteiger partial charge in [0.15, 0.2) is 9.84 Å². The fourth-order valence-electron chi connectivity index (χ4n) is 3.79. The van der Waals surface area contributed by atoms with Crippen LogP contribution in [-0.2, 0) is 32.7 Å². The maximum Gasteiger partial charge on any atom is 0.240 e. The lowest BCUT2D eigenvalue weighted by Crippen LogP contribution is -2.32. The Balaban J connectivity index is 1.62. The zero-order valence-electron chi connectivity index (χ0n) is 16.3. The number of rotatable bonds is 7. The lowest BCUT2D eigenvalue weighted by molar-refractivity contribution is 0.569. The van der Waals surface area contributed by atoms with Gasteiger partial charge in [0, 0.05) is 6.54 Å². The molecular formula is C22H23NO4S3. The van der Waals surface area contributed by atoms with Gasteiger partial charge in [0.05, 0.1) is 4.90 Å². The van der Waals surface area contributed by atoms with Crippen molar-refractivity contribution in [3.05, 3.63) is 82.7 Å². The third-order valence-electron chi connectivity index (χ3n) is 5.41. The number of thiophene rings is 1. The van der Waals surface area contributed by atoms with E-state index in [2.05, 4.69) is 4.72 Å². The van der Waals surface area contributed by atoms with Crippen molar-refractivity contribution >= 4 is 31.2 Å². The smallest absolute Gasteiger partial charge is 0.222 e. The van der Waals surface area contributed by atoms with Crippen molar-refractivity contribution < 1.29 is 16.8 Å². The molecule has 8 heteroatoms. The summed E-state index contributed by atoms with van der Waals surface area (Å²) in [4.78, 5) is 0.184. The van der Waals surface area contributed by atoms with Gasteiger partial charge >= 0.3 is 0 Å². The molecule has 0 saturated carbocycles. The van der Waals surface area contributed by atoms with Crippen LogP contribution in [0.3, 0.4) is 0 Å². The average molecular weight is 462 g/mol. The highest BCUT2D eigenvalue weighted by molar-refractivity contribution is 7.93. The molecule has 1 aliphatic rings. The highest BCUT2D eigenvalue weighted by atomic mass is 32.2. The Hall–Kier alpha value is -2.00. The van der Waals surface area contributed by atoms with Crippen molar-refractivity contribution in [3.63, 3.8) is 0 Å².